The molecule has 5 nitrogen and oxygen atoms in total. The summed E-state index contributed by atoms with van der Waals surface area (Å²) in [7, 11) is 0. The largest absolute Gasteiger partial charge is 0.381 e. The number of carbonyl (C=O) groups is 1. The van der Waals surface area contributed by atoms with Crippen molar-refractivity contribution in [3.05, 3.63) is 30.0 Å². The number of rotatable bonds is 2. The number of amides is 1. The van der Waals surface area contributed by atoms with Gasteiger partial charge in [-0.1, -0.05) is 0 Å². The third kappa shape index (κ3) is 1.97. The molecule has 1 fully saturated rings. The van der Waals surface area contributed by atoms with Crippen molar-refractivity contribution in [1.29, 1.82) is 0 Å². The van der Waals surface area contributed by atoms with Gasteiger partial charge in [0.25, 0.3) is 0 Å². The first-order valence-corrected chi connectivity index (χ1v) is 6.10. The van der Waals surface area contributed by atoms with Crippen molar-refractivity contribution in [3.63, 3.8) is 0 Å². The molecule has 3 rings (SSSR count). The third-order valence-electron chi connectivity index (χ3n) is 3.37. The van der Waals surface area contributed by atoms with Crippen molar-refractivity contribution in [2.75, 3.05) is 13.2 Å². The molecule has 1 aliphatic rings. The van der Waals surface area contributed by atoms with Crippen LogP contribution >= 0.6 is 0 Å². The van der Waals surface area contributed by atoms with Crippen molar-refractivity contribution < 1.29 is 9.53 Å². The van der Waals surface area contributed by atoms with Gasteiger partial charge in [0.1, 0.15) is 0 Å². The van der Waals surface area contributed by atoms with E-state index >= 15 is 0 Å². The zero-order valence-corrected chi connectivity index (χ0v) is 10.0. The summed E-state index contributed by atoms with van der Waals surface area (Å²) in [5.41, 5.74) is 6.69. The molecule has 1 aliphatic heterocycles. The number of ether oxygens (including phenoxy) is 1. The molecule has 0 atom stereocenters. The smallest absolute Gasteiger partial charge is 0.248 e. The van der Waals surface area contributed by atoms with E-state index in [1.54, 1.807) is 12.1 Å². The highest BCUT2D eigenvalue weighted by molar-refractivity contribution is 5.96. The standard InChI is InChI=1S/C13H15N3O2/c14-13(17)9-1-2-12-10(7-9)8-16(15-12)11-3-5-18-6-4-11/h1-2,7-8,11H,3-6H2,(H2,14,17). The molecule has 1 aromatic heterocycles. The van der Waals surface area contributed by atoms with Crippen LogP contribution < -0.4 is 5.73 Å². The van der Waals surface area contributed by atoms with Gasteiger partial charge in [0, 0.05) is 30.4 Å². The molecule has 2 aromatic rings. The average Bonchev–Trinajstić information content (AvgIpc) is 2.82. The van der Waals surface area contributed by atoms with Gasteiger partial charge in [0.2, 0.25) is 5.91 Å². The number of aromatic nitrogens is 2. The van der Waals surface area contributed by atoms with Gasteiger partial charge in [0.15, 0.2) is 0 Å². The maximum atomic E-state index is 11.1. The highest BCUT2D eigenvalue weighted by Crippen LogP contribution is 2.23. The monoisotopic (exact) mass is 245 g/mol. The van der Waals surface area contributed by atoms with E-state index in [4.69, 9.17) is 10.5 Å². The molecule has 1 aromatic carbocycles. The lowest BCUT2D eigenvalue weighted by atomic mass is 10.1. The molecule has 0 bridgehead atoms. The predicted molar refractivity (Wildman–Crippen MR) is 67.3 cm³/mol. The van der Waals surface area contributed by atoms with Crippen LogP contribution in [-0.2, 0) is 4.74 Å². The van der Waals surface area contributed by atoms with Gasteiger partial charge in [-0.15, -0.1) is 0 Å². The maximum absolute atomic E-state index is 11.1. The molecule has 0 spiro atoms. The van der Waals surface area contributed by atoms with Crippen molar-refractivity contribution in [2.45, 2.75) is 18.9 Å². The molecule has 5 heteroatoms. The zero-order valence-electron chi connectivity index (χ0n) is 10.0. The fourth-order valence-corrected chi connectivity index (χ4v) is 2.33. The summed E-state index contributed by atoms with van der Waals surface area (Å²) in [5, 5.41) is 5.50. The Morgan fingerprint density at radius 3 is 2.89 bits per heavy atom. The third-order valence-corrected chi connectivity index (χ3v) is 3.37. The van der Waals surface area contributed by atoms with Crippen LogP contribution in [0.25, 0.3) is 10.9 Å². The minimum atomic E-state index is -0.407. The van der Waals surface area contributed by atoms with E-state index in [1.165, 1.54) is 0 Å². The molecular weight excluding hydrogens is 230 g/mol. The minimum absolute atomic E-state index is 0.392. The number of nitrogens with zero attached hydrogens (tertiary/aromatic N) is 2. The molecule has 1 saturated heterocycles. The second kappa shape index (κ2) is 4.42. The van der Waals surface area contributed by atoms with Gasteiger partial charge in [-0.05, 0) is 31.0 Å². The Morgan fingerprint density at radius 1 is 1.39 bits per heavy atom. The van der Waals surface area contributed by atoms with E-state index < -0.39 is 5.91 Å². The highest BCUT2D eigenvalue weighted by Gasteiger charge is 2.17. The van der Waals surface area contributed by atoms with E-state index in [0.717, 1.165) is 37.0 Å². The lowest BCUT2D eigenvalue weighted by Gasteiger charge is -2.22. The summed E-state index contributed by atoms with van der Waals surface area (Å²) in [6, 6.07) is 5.74. The zero-order chi connectivity index (χ0) is 12.5. The molecule has 2 N–H and O–H groups in total. The molecule has 18 heavy (non-hydrogen) atoms. The summed E-state index contributed by atoms with van der Waals surface area (Å²) in [6.07, 6.45) is 3.95. The normalized spacial score (nSPS) is 17.1. The molecule has 0 aliphatic carbocycles. The fraction of sp³-hybridized carbons (Fsp3) is 0.385. The highest BCUT2D eigenvalue weighted by atomic mass is 16.5. The average molecular weight is 245 g/mol. The first-order chi connectivity index (χ1) is 8.74. The molecule has 94 valence electrons. The number of nitrogens with two attached hydrogens (primary N) is 1. The quantitative estimate of drug-likeness (QED) is 0.871. The van der Waals surface area contributed by atoms with E-state index in [9.17, 15) is 4.79 Å². The Labute approximate surface area is 105 Å². The number of primary amides is 1. The summed E-state index contributed by atoms with van der Waals surface area (Å²) in [5.74, 6) is -0.407. The molecule has 0 saturated carbocycles. The number of fused-ring (bicyclic) bond motifs is 1. The number of benzene rings is 1. The summed E-state index contributed by atoms with van der Waals surface area (Å²) < 4.78 is 7.33. The molecule has 0 unspecified atom stereocenters. The Kier molecular flexibility index (Phi) is 2.76. The van der Waals surface area contributed by atoms with Gasteiger partial charge in [-0.3, -0.25) is 9.48 Å². The van der Waals surface area contributed by atoms with Gasteiger partial charge >= 0.3 is 0 Å². The van der Waals surface area contributed by atoms with Gasteiger partial charge < -0.3 is 10.5 Å². The van der Waals surface area contributed by atoms with E-state index in [1.807, 2.05) is 16.9 Å². The second-order valence-corrected chi connectivity index (χ2v) is 4.59. The second-order valence-electron chi connectivity index (χ2n) is 4.59. The molecular formula is C13H15N3O2. The topological polar surface area (TPSA) is 70.1 Å². The fourth-order valence-electron chi connectivity index (χ4n) is 2.33. The van der Waals surface area contributed by atoms with Gasteiger partial charge in [0.05, 0.1) is 11.6 Å². The first-order valence-electron chi connectivity index (χ1n) is 6.10. The van der Waals surface area contributed by atoms with E-state index in [0.29, 0.717) is 11.6 Å². The Balaban J connectivity index is 1.97. The number of hydrogen-bond acceptors (Lipinski definition) is 3. The summed E-state index contributed by atoms with van der Waals surface area (Å²) in [6.45, 7) is 1.57. The summed E-state index contributed by atoms with van der Waals surface area (Å²) in [4.78, 5) is 11.1. The van der Waals surface area contributed by atoms with Gasteiger partial charge in [-0.2, -0.15) is 5.10 Å². The van der Waals surface area contributed by atoms with Crippen LogP contribution in [0.5, 0.6) is 0 Å². The molecule has 0 radical (unpaired) electrons. The molecule has 1 amide bonds. The predicted octanol–water partition coefficient (Wildman–Crippen LogP) is 1.49. The first kappa shape index (κ1) is 11.2. The van der Waals surface area contributed by atoms with Crippen LogP contribution in [0.2, 0.25) is 0 Å². The van der Waals surface area contributed by atoms with E-state index in [-0.39, 0.29) is 0 Å². The number of hydrogen-bond donors (Lipinski definition) is 1. The van der Waals surface area contributed by atoms with Crippen LogP contribution in [0, 0.1) is 0 Å². The number of carbonyl (C=O) groups excluding carboxylic acids is 1. The maximum Gasteiger partial charge on any atom is 0.248 e. The summed E-state index contributed by atoms with van der Waals surface area (Å²) >= 11 is 0. The minimum Gasteiger partial charge on any atom is -0.381 e. The van der Waals surface area contributed by atoms with Crippen LogP contribution in [0.15, 0.2) is 24.4 Å². The Hall–Kier alpha value is -1.88. The molecule has 2 heterocycles. The van der Waals surface area contributed by atoms with Crippen LogP contribution in [0.1, 0.15) is 29.2 Å². The Bertz CT molecular complexity index is 585. The van der Waals surface area contributed by atoms with Crippen LogP contribution in [0.4, 0.5) is 0 Å². The van der Waals surface area contributed by atoms with E-state index in [2.05, 4.69) is 5.10 Å². The van der Waals surface area contributed by atoms with Crippen LogP contribution in [-0.4, -0.2) is 28.9 Å². The lowest BCUT2D eigenvalue weighted by Crippen LogP contribution is -2.19. The Morgan fingerprint density at radius 2 is 2.17 bits per heavy atom. The van der Waals surface area contributed by atoms with Gasteiger partial charge in [-0.25, -0.2) is 0 Å². The SMILES string of the molecule is NC(=O)c1ccc2nn(C3CCOCC3)cc2c1. The lowest BCUT2D eigenvalue weighted by molar-refractivity contribution is 0.0664. The van der Waals surface area contributed by atoms with Crippen LogP contribution in [0.3, 0.4) is 0 Å². The van der Waals surface area contributed by atoms with Crippen molar-refractivity contribution in [1.82, 2.24) is 9.78 Å². The van der Waals surface area contributed by atoms with Crippen molar-refractivity contribution in [2.24, 2.45) is 5.73 Å². The van der Waals surface area contributed by atoms with Crippen molar-refractivity contribution in [3.8, 4) is 0 Å². The van der Waals surface area contributed by atoms with Crippen molar-refractivity contribution >= 4 is 16.8 Å².